The summed E-state index contributed by atoms with van der Waals surface area (Å²) in [7, 11) is 1.73. The zero-order chi connectivity index (χ0) is 21.1. The van der Waals surface area contributed by atoms with E-state index in [0.29, 0.717) is 26.2 Å². The highest BCUT2D eigenvalue weighted by molar-refractivity contribution is 5.88. The average molecular weight is 414 g/mol. The van der Waals surface area contributed by atoms with Gasteiger partial charge in [0.05, 0.1) is 19.0 Å². The largest absolute Gasteiger partial charge is 0.361 e. The fourth-order valence-electron chi connectivity index (χ4n) is 4.20. The summed E-state index contributed by atoms with van der Waals surface area (Å²) < 4.78 is 18.6. The quantitative estimate of drug-likeness (QED) is 0.783. The number of nitrogens with one attached hydrogen (secondary N) is 1. The lowest BCUT2D eigenvalue weighted by molar-refractivity contribution is -0.138. The van der Waals surface area contributed by atoms with Crippen LogP contribution in [0.3, 0.4) is 0 Å². The maximum absolute atomic E-state index is 13.2. The van der Waals surface area contributed by atoms with E-state index < -0.39 is 6.04 Å². The predicted octanol–water partition coefficient (Wildman–Crippen LogP) is 2.04. The standard InChI is InChI=1S/C22H27FN4O3/c1-26(14-18-17-4-2-3-5-20(17)30-25-18)21(28)12-19-22(29)24-10-11-27(19)13-15-6-8-16(23)9-7-15/h6-9,19H,2-5,10-14H2,1H3,(H,24,29). The predicted molar refractivity (Wildman–Crippen MR) is 108 cm³/mol. The van der Waals surface area contributed by atoms with E-state index >= 15 is 0 Å². The highest BCUT2D eigenvalue weighted by atomic mass is 19.1. The minimum absolute atomic E-state index is 0.0869. The summed E-state index contributed by atoms with van der Waals surface area (Å²) in [6.07, 6.45) is 4.15. The molecule has 2 aliphatic rings. The van der Waals surface area contributed by atoms with Gasteiger partial charge in [0.15, 0.2) is 0 Å². The molecule has 1 atom stereocenters. The Bertz CT molecular complexity index is 912. The molecule has 1 unspecified atom stereocenters. The molecular formula is C22H27FN4O3. The molecular weight excluding hydrogens is 387 g/mol. The van der Waals surface area contributed by atoms with Crippen molar-refractivity contribution in [2.45, 2.75) is 51.2 Å². The zero-order valence-corrected chi connectivity index (χ0v) is 17.2. The Morgan fingerprint density at radius 3 is 2.87 bits per heavy atom. The van der Waals surface area contributed by atoms with Gasteiger partial charge in [0.2, 0.25) is 11.8 Å². The molecule has 0 bridgehead atoms. The fourth-order valence-corrected chi connectivity index (χ4v) is 4.20. The van der Waals surface area contributed by atoms with Crippen molar-refractivity contribution < 1.29 is 18.5 Å². The van der Waals surface area contributed by atoms with Gasteiger partial charge < -0.3 is 14.7 Å². The van der Waals surface area contributed by atoms with E-state index in [4.69, 9.17) is 4.52 Å². The lowest BCUT2D eigenvalue weighted by Gasteiger charge is -2.35. The average Bonchev–Trinajstić information content (AvgIpc) is 3.15. The lowest BCUT2D eigenvalue weighted by Crippen LogP contribution is -2.56. The molecule has 4 rings (SSSR count). The number of carbonyl (C=O) groups is 2. The van der Waals surface area contributed by atoms with Crippen LogP contribution in [-0.4, -0.2) is 52.9 Å². The van der Waals surface area contributed by atoms with Crippen molar-refractivity contribution in [2.24, 2.45) is 0 Å². The van der Waals surface area contributed by atoms with Crippen LogP contribution in [0.4, 0.5) is 4.39 Å². The normalized spacial score (nSPS) is 19.3. The molecule has 2 heterocycles. The molecule has 1 aromatic carbocycles. The van der Waals surface area contributed by atoms with Gasteiger partial charge in [-0.3, -0.25) is 14.5 Å². The smallest absolute Gasteiger partial charge is 0.237 e. The second-order valence-electron chi connectivity index (χ2n) is 8.10. The second-order valence-corrected chi connectivity index (χ2v) is 8.10. The summed E-state index contributed by atoms with van der Waals surface area (Å²) in [5, 5.41) is 7.02. The fraction of sp³-hybridized carbons (Fsp3) is 0.500. The van der Waals surface area contributed by atoms with Gasteiger partial charge in [0.1, 0.15) is 17.3 Å². The Morgan fingerprint density at radius 2 is 2.07 bits per heavy atom. The molecule has 160 valence electrons. The van der Waals surface area contributed by atoms with Gasteiger partial charge in [-0.2, -0.15) is 0 Å². The van der Waals surface area contributed by atoms with Crippen molar-refractivity contribution in [1.82, 2.24) is 20.3 Å². The Balaban J connectivity index is 1.40. The molecule has 1 N–H and O–H groups in total. The van der Waals surface area contributed by atoms with Crippen LogP contribution in [0.2, 0.25) is 0 Å². The number of fused-ring (bicyclic) bond motifs is 1. The first-order valence-corrected chi connectivity index (χ1v) is 10.5. The van der Waals surface area contributed by atoms with E-state index in [0.717, 1.165) is 48.3 Å². The summed E-state index contributed by atoms with van der Waals surface area (Å²) in [4.78, 5) is 29.0. The maximum Gasteiger partial charge on any atom is 0.237 e. The van der Waals surface area contributed by atoms with Crippen molar-refractivity contribution in [3.63, 3.8) is 0 Å². The van der Waals surface area contributed by atoms with Crippen LogP contribution in [0.1, 0.15) is 41.8 Å². The summed E-state index contributed by atoms with van der Waals surface area (Å²) in [6.45, 7) is 2.04. The molecule has 30 heavy (non-hydrogen) atoms. The first-order chi connectivity index (χ1) is 14.5. The number of piperazine rings is 1. The molecule has 1 aromatic heterocycles. The number of halogens is 1. The Kier molecular flexibility index (Phi) is 6.13. The highest BCUT2D eigenvalue weighted by Crippen LogP contribution is 2.25. The molecule has 0 radical (unpaired) electrons. The van der Waals surface area contributed by atoms with Crippen molar-refractivity contribution in [1.29, 1.82) is 0 Å². The summed E-state index contributed by atoms with van der Waals surface area (Å²) >= 11 is 0. The molecule has 1 aliphatic heterocycles. The van der Waals surface area contributed by atoms with Gasteiger partial charge in [-0.15, -0.1) is 0 Å². The SMILES string of the molecule is CN(Cc1noc2c1CCCC2)C(=O)CC1C(=O)NCCN1Cc1ccc(F)cc1. The van der Waals surface area contributed by atoms with E-state index in [1.807, 2.05) is 4.90 Å². The number of benzene rings is 1. The molecule has 8 heteroatoms. The van der Waals surface area contributed by atoms with Crippen LogP contribution in [-0.2, 0) is 35.5 Å². The number of rotatable bonds is 6. The number of hydrogen-bond acceptors (Lipinski definition) is 5. The van der Waals surface area contributed by atoms with E-state index in [-0.39, 0.29) is 24.1 Å². The molecule has 0 spiro atoms. The molecule has 1 fully saturated rings. The highest BCUT2D eigenvalue weighted by Gasteiger charge is 2.33. The van der Waals surface area contributed by atoms with Gasteiger partial charge in [0.25, 0.3) is 0 Å². The molecule has 2 amide bonds. The molecule has 1 saturated heterocycles. The molecule has 0 saturated carbocycles. The molecule has 7 nitrogen and oxygen atoms in total. The maximum atomic E-state index is 13.2. The van der Waals surface area contributed by atoms with E-state index in [1.54, 1.807) is 24.1 Å². The number of carbonyl (C=O) groups excluding carboxylic acids is 2. The van der Waals surface area contributed by atoms with E-state index in [9.17, 15) is 14.0 Å². The topological polar surface area (TPSA) is 78.7 Å². The number of hydrogen-bond donors (Lipinski definition) is 1. The summed E-state index contributed by atoms with van der Waals surface area (Å²) in [6, 6.07) is 5.68. The third kappa shape index (κ3) is 4.53. The molecule has 1 aliphatic carbocycles. The van der Waals surface area contributed by atoms with Crippen molar-refractivity contribution in [3.05, 3.63) is 52.7 Å². The zero-order valence-electron chi connectivity index (χ0n) is 17.2. The first-order valence-electron chi connectivity index (χ1n) is 10.5. The van der Waals surface area contributed by atoms with Gasteiger partial charge in [0, 0.05) is 38.7 Å². The van der Waals surface area contributed by atoms with Crippen LogP contribution in [0.25, 0.3) is 0 Å². The Hall–Kier alpha value is -2.74. The van der Waals surface area contributed by atoms with Crippen LogP contribution >= 0.6 is 0 Å². The van der Waals surface area contributed by atoms with Gasteiger partial charge in [-0.1, -0.05) is 17.3 Å². The minimum Gasteiger partial charge on any atom is -0.361 e. The van der Waals surface area contributed by atoms with Crippen molar-refractivity contribution in [2.75, 3.05) is 20.1 Å². The van der Waals surface area contributed by atoms with Gasteiger partial charge in [-0.25, -0.2) is 4.39 Å². The van der Waals surface area contributed by atoms with Crippen molar-refractivity contribution in [3.8, 4) is 0 Å². The van der Waals surface area contributed by atoms with Crippen LogP contribution < -0.4 is 5.32 Å². The van der Waals surface area contributed by atoms with Crippen LogP contribution in [0, 0.1) is 5.82 Å². The Morgan fingerprint density at radius 1 is 1.30 bits per heavy atom. The molecule has 2 aromatic rings. The van der Waals surface area contributed by atoms with Gasteiger partial charge in [-0.05, 0) is 37.0 Å². The van der Waals surface area contributed by atoms with E-state index in [2.05, 4.69) is 10.5 Å². The first kappa shape index (κ1) is 20.5. The number of nitrogens with zero attached hydrogens (tertiary/aromatic N) is 3. The lowest BCUT2D eigenvalue weighted by atomic mass is 9.96. The third-order valence-corrected chi connectivity index (χ3v) is 5.95. The number of aryl methyl sites for hydroxylation is 1. The van der Waals surface area contributed by atoms with E-state index in [1.165, 1.54) is 12.1 Å². The van der Waals surface area contributed by atoms with Crippen LogP contribution in [0.15, 0.2) is 28.8 Å². The van der Waals surface area contributed by atoms with Gasteiger partial charge >= 0.3 is 0 Å². The summed E-state index contributed by atoms with van der Waals surface area (Å²) in [5.74, 6) is 0.380. The number of aromatic nitrogens is 1. The third-order valence-electron chi connectivity index (χ3n) is 5.95. The minimum atomic E-state index is -0.551. The van der Waals surface area contributed by atoms with Crippen LogP contribution in [0.5, 0.6) is 0 Å². The number of amides is 2. The Labute approximate surface area is 175 Å². The summed E-state index contributed by atoms with van der Waals surface area (Å²) in [5.41, 5.74) is 2.86. The second kappa shape index (κ2) is 8.95. The van der Waals surface area contributed by atoms with Crippen molar-refractivity contribution >= 4 is 11.8 Å². The monoisotopic (exact) mass is 414 g/mol.